The molecule has 0 bridgehead atoms. The molecule has 112 valence electrons. The van der Waals surface area contributed by atoms with Crippen LogP contribution in [0.25, 0.3) is 0 Å². The summed E-state index contributed by atoms with van der Waals surface area (Å²) in [6, 6.07) is 0. The molecule has 0 aliphatic rings. The highest BCUT2D eigenvalue weighted by molar-refractivity contribution is 8.01. The SMILES string of the molecule is COCCCNC(=O)CSc1nc(C)c(CC(=O)O)s1. The Hall–Kier alpha value is -1.12. The Morgan fingerprint density at radius 3 is 2.90 bits per heavy atom. The Labute approximate surface area is 125 Å². The molecule has 1 rings (SSSR count). The van der Waals surface area contributed by atoms with Crippen LogP contribution in [0.3, 0.4) is 0 Å². The summed E-state index contributed by atoms with van der Waals surface area (Å²) in [5, 5.41) is 11.5. The van der Waals surface area contributed by atoms with E-state index in [0.29, 0.717) is 13.2 Å². The molecule has 0 unspecified atom stereocenters. The number of nitrogens with one attached hydrogen (secondary N) is 1. The van der Waals surface area contributed by atoms with Crippen LogP contribution >= 0.6 is 23.1 Å². The summed E-state index contributed by atoms with van der Waals surface area (Å²) in [4.78, 5) is 27.2. The maximum absolute atomic E-state index is 11.6. The highest BCUT2D eigenvalue weighted by atomic mass is 32.2. The number of aromatic nitrogens is 1. The number of thiazole rings is 1. The smallest absolute Gasteiger partial charge is 0.308 e. The fraction of sp³-hybridized carbons (Fsp3) is 0.583. The third-order valence-corrected chi connectivity index (χ3v) is 4.66. The molecule has 1 aromatic rings. The van der Waals surface area contributed by atoms with E-state index >= 15 is 0 Å². The first-order valence-electron chi connectivity index (χ1n) is 6.09. The fourth-order valence-corrected chi connectivity index (χ4v) is 3.44. The minimum Gasteiger partial charge on any atom is -0.481 e. The van der Waals surface area contributed by atoms with E-state index in [1.165, 1.54) is 23.1 Å². The van der Waals surface area contributed by atoms with Gasteiger partial charge in [-0.15, -0.1) is 11.3 Å². The van der Waals surface area contributed by atoms with Crippen LogP contribution in [0.5, 0.6) is 0 Å². The van der Waals surface area contributed by atoms with Gasteiger partial charge in [0.25, 0.3) is 0 Å². The Kier molecular flexibility index (Phi) is 7.56. The third-order valence-electron chi connectivity index (χ3n) is 2.36. The van der Waals surface area contributed by atoms with E-state index in [-0.39, 0.29) is 18.1 Å². The summed E-state index contributed by atoms with van der Waals surface area (Å²) in [7, 11) is 1.62. The normalized spacial score (nSPS) is 10.5. The van der Waals surface area contributed by atoms with Crippen molar-refractivity contribution < 1.29 is 19.4 Å². The number of amides is 1. The zero-order valence-corrected chi connectivity index (χ0v) is 13.1. The van der Waals surface area contributed by atoms with Crippen LogP contribution in [0.2, 0.25) is 0 Å². The van der Waals surface area contributed by atoms with Crippen molar-refractivity contribution in [3.63, 3.8) is 0 Å². The number of aliphatic carboxylic acids is 1. The second-order valence-corrected chi connectivity index (χ2v) is 6.35. The maximum Gasteiger partial charge on any atom is 0.308 e. The van der Waals surface area contributed by atoms with Crippen molar-refractivity contribution >= 4 is 35.0 Å². The predicted molar refractivity (Wildman–Crippen MR) is 78.4 cm³/mol. The molecule has 6 nitrogen and oxygen atoms in total. The molecule has 1 heterocycles. The van der Waals surface area contributed by atoms with Gasteiger partial charge in [-0.3, -0.25) is 9.59 Å². The van der Waals surface area contributed by atoms with Crippen molar-refractivity contribution in [1.29, 1.82) is 0 Å². The lowest BCUT2D eigenvalue weighted by molar-refractivity contribution is -0.136. The summed E-state index contributed by atoms with van der Waals surface area (Å²) in [6.45, 7) is 3.00. The number of ether oxygens (including phenoxy) is 1. The molecule has 1 aromatic heterocycles. The van der Waals surface area contributed by atoms with Crippen molar-refractivity contribution in [2.75, 3.05) is 26.0 Å². The van der Waals surface area contributed by atoms with E-state index in [1.807, 2.05) is 0 Å². The Balaban J connectivity index is 2.34. The lowest BCUT2D eigenvalue weighted by Gasteiger charge is -2.03. The quantitative estimate of drug-likeness (QED) is 0.527. The summed E-state index contributed by atoms with van der Waals surface area (Å²) >= 11 is 2.66. The lowest BCUT2D eigenvalue weighted by Crippen LogP contribution is -2.26. The average Bonchev–Trinajstić information content (AvgIpc) is 2.72. The molecule has 0 aromatic carbocycles. The monoisotopic (exact) mass is 318 g/mol. The van der Waals surface area contributed by atoms with Gasteiger partial charge in [-0.2, -0.15) is 0 Å². The van der Waals surface area contributed by atoms with Crippen LogP contribution in [0.1, 0.15) is 17.0 Å². The number of carbonyl (C=O) groups excluding carboxylic acids is 1. The minimum absolute atomic E-state index is 0.0206. The summed E-state index contributed by atoms with van der Waals surface area (Å²) < 4.78 is 5.62. The van der Waals surface area contributed by atoms with Crippen LogP contribution in [0.15, 0.2) is 4.34 Å². The second-order valence-electron chi connectivity index (χ2n) is 4.04. The minimum atomic E-state index is -0.871. The topological polar surface area (TPSA) is 88.5 Å². The molecule has 0 fully saturated rings. The number of thioether (sulfide) groups is 1. The van der Waals surface area contributed by atoms with Gasteiger partial charge in [0.1, 0.15) is 0 Å². The zero-order valence-electron chi connectivity index (χ0n) is 11.5. The van der Waals surface area contributed by atoms with E-state index in [2.05, 4.69) is 10.3 Å². The predicted octanol–water partition coefficient (Wildman–Crippen LogP) is 1.32. The van der Waals surface area contributed by atoms with E-state index in [9.17, 15) is 9.59 Å². The second kappa shape index (κ2) is 8.93. The molecule has 0 aliphatic heterocycles. The number of methoxy groups -OCH3 is 1. The van der Waals surface area contributed by atoms with Crippen molar-refractivity contribution in [3.05, 3.63) is 10.6 Å². The third kappa shape index (κ3) is 6.36. The van der Waals surface area contributed by atoms with Crippen LogP contribution < -0.4 is 5.32 Å². The van der Waals surface area contributed by atoms with Crippen LogP contribution in [0, 0.1) is 6.92 Å². The Morgan fingerprint density at radius 2 is 2.25 bits per heavy atom. The summed E-state index contributed by atoms with van der Waals surface area (Å²) in [6.07, 6.45) is 0.763. The number of nitrogens with zero attached hydrogens (tertiary/aromatic N) is 1. The number of rotatable bonds is 9. The van der Waals surface area contributed by atoms with Gasteiger partial charge < -0.3 is 15.2 Å². The number of hydrogen-bond donors (Lipinski definition) is 2. The van der Waals surface area contributed by atoms with Crippen LogP contribution in [-0.4, -0.2) is 48.0 Å². The average molecular weight is 318 g/mol. The van der Waals surface area contributed by atoms with Crippen molar-refractivity contribution in [3.8, 4) is 0 Å². The first-order valence-corrected chi connectivity index (χ1v) is 7.89. The van der Waals surface area contributed by atoms with Gasteiger partial charge in [0, 0.05) is 25.1 Å². The van der Waals surface area contributed by atoms with Gasteiger partial charge in [0.15, 0.2) is 4.34 Å². The molecular formula is C12H18N2O4S2. The maximum atomic E-state index is 11.6. The van der Waals surface area contributed by atoms with Crippen LogP contribution in [0.4, 0.5) is 0 Å². The fourth-order valence-electron chi connectivity index (χ4n) is 1.39. The molecule has 0 aliphatic carbocycles. The molecule has 0 atom stereocenters. The number of carboxylic acid groups (broad SMARTS) is 1. The van der Waals surface area contributed by atoms with Gasteiger partial charge in [0.2, 0.25) is 5.91 Å². The molecule has 0 saturated carbocycles. The molecule has 1 amide bonds. The molecule has 8 heteroatoms. The number of carboxylic acids is 1. The molecule has 2 N–H and O–H groups in total. The van der Waals surface area contributed by atoms with Crippen molar-refractivity contribution in [2.24, 2.45) is 0 Å². The highest BCUT2D eigenvalue weighted by Crippen LogP contribution is 2.27. The zero-order chi connectivity index (χ0) is 15.0. The number of hydrogen-bond acceptors (Lipinski definition) is 6. The first kappa shape index (κ1) is 16.9. The summed E-state index contributed by atoms with van der Waals surface area (Å²) in [5.74, 6) is -0.644. The van der Waals surface area contributed by atoms with E-state index in [1.54, 1.807) is 14.0 Å². The molecule has 0 spiro atoms. The van der Waals surface area contributed by atoms with E-state index in [4.69, 9.17) is 9.84 Å². The Morgan fingerprint density at radius 1 is 1.50 bits per heavy atom. The molecule has 20 heavy (non-hydrogen) atoms. The van der Waals surface area contributed by atoms with Crippen molar-refractivity contribution in [1.82, 2.24) is 10.3 Å². The van der Waals surface area contributed by atoms with Crippen molar-refractivity contribution in [2.45, 2.75) is 24.1 Å². The lowest BCUT2D eigenvalue weighted by atomic mass is 10.3. The van der Waals surface area contributed by atoms with Gasteiger partial charge in [-0.1, -0.05) is 11.8 Å². The molecular weight excluding hydrogens is 300 g/mol. The largest absolute Gasteiger partial charge is 0.481 e. The number of carbonyl (C=O) groups is 2. The number of aryl methyl sites for hydroxylation is 1. The molecule has 0 radical (unpaired) electrons. The van der Waals surface area contributed by atoms with Gasteiger partial charge in [-0.25, -0.2) is 4.98 Å². The first-order chi connectivity index (χ1) is 9.52. The van der Waals surface area contributed by atoms with Gasteiger partial charge in [0.05, 0.1) is 17.9 Å². The van der Waals surface area contributed by atoms with Crippen LogP contribution in [-0.2, 0) is 20.7 Å². The molecule has 0 saturated heterocycles. The van der Waals surface area contributed by atoms with E-state index < -0.39 is 5.97 Å². The highest BCUT2D eigenvalue weighted by Gasteiger charge is 2.12. The van der Waals surface area contributed by atoms with Gasteiger partial charge in [-0.05, 0) is 13.3 Å². The Bertz CT molecular complexity index is 462. The van der Waals surface area contributed by atoms with E-state index in [0.717, 1.165) is 21.3 Å². The standard InChI is InChI=1S/C12H18N2O4S2/c1-8-9(6-11(16)17)20-12(14-8)19-7-10(15)13-4-3-5-18-2/h3-7H2,1-2H3,(H,13,15)(H,16,17). The summed E-state index contributed by atoms with van der Waals surface area (Å²) in [5.41, 5.74) is 0.723. The van der Waals surface area contributed by atoms with Gasteiger partial charge >= 0.3 is 5.97 Å².